The second-order valence-corrected chi connectivity index (χ2v) is 7.43. The van der Waals surface area contributed by atoms with Crippen molar-refractivity contribution in [2.24, 2.45) is 10.2 Å². The summed E-state index contributed by atoms with van der Waals surface area (Å²) in [4.78, 5) is 13.0. The van der Waals surface area contributed by atoms with Gasteiger partial charge < -0.3 is 9.84 Å². The van der Waals surface area contributed by atoms with Gasteiger partial charge in [-0.05, 0) is 55.3 Å². The van der Waals surface area contributed by atoms with E-state index in [0.29, 0.717) is 17.7 Å². The van der Waals surface area contributed by atoms with Crippen LogP contribution < -0.4 is 10.3 Å². The van der Waals surface area contributed by atoms with E-state index in [0.717, 1.165) is 20.4 Å². The van der Waals surface area contributed by atoms with E-state index >= 15 is 0 Å². The lowest BCUT2D eigenvalue weighted by Gasteiger charge is -2.13. The molecule has 8 heteroatoms. The number of pyridine rings is 1. The fourth-order valence-electron chi connectivity index (χ4n) is 2.91. The van der Waals surface area contributed by atoms with Crippen LogP contribution >= 0.6 is 15.9 Å². The molecule has 0 saturated carbocycles. The molecule has 1 aromatic heterocycles. The van der Waals surface area contributed by atoms with Gasteiger partial charge in [0, 0.05) is 16.6 Å². The Kier molecular flexibility index (Phi) is 6.65. The number of hydrogen-bond acceptors (Lipinski definition) is 6. The van der Waals surface area contributed by atoms with E-state index in [2.05, 4.69) is 26.2 Å². The number of halogens is 1. The summed E-state index contributed by atoms with van der Waals surface area (Å²) in [6, 6.07) is 16.5. The fourth-order valence-corrected chi connectivity index (χ4v) is 3.18. The lowest BCUT2D eigenvalue weighted by atomic mass is 10.1. The molecule has 0 saturated heterocycles. The van der Waals surface area contributed by atoms with Crippen LogP contribution in [0.2, 0.25) is 0 Å². The third-order valence-electron chi connectivity index (χ3n) is 4.64. The SMILES string of the molecule is COc1ccc(CCn2c(O)c(C#N)c(C)c(N=Nc3ccc(Br)cc3)c2=O)cc1. The first-order valence-electron chi connectivity index (χ1n) is 9.11. The van der Waals surface area contributed by atoms with Crippen LogP contribution in [-0.4, -0.2) is 16.8 Å². The number of methoxy groups -OCH3 is 1. The van der Waals surface area contributed by atoms with Crippen molar-refractivity contribution in [3.05, 3.63) is 80.0 Å². The van der Waals surface area contributed by atoms with Gasteiger partial charge >= 0.3 is 0 Å². The van der Waals surface area contributed by atoms with Crippen molar-refractivity contribution in [2.75, 3.05) is 7.11 Å². The van der Waals surface area contributed by atoms with E-state index in [9.17, 15) is 15.2 Å². The van der Waals surface area contributed by atoms with Crippen molar-refractivity contribution in [3.63, 3.8) is 0 Å². The average molecular weight is 467 g/mol. The Morgan fingerprint density at radius 3 is 2.40 bits per heavy atom. The number of aromatic nitrogens is 1. The number of benzene rings is 2. The topological polar surface area (TPSA) is 100.0 Å². The number of azo groups is 1. The molecule has 152 valence electrons. The van der Waals surface area contributed by atoms with Gasteiger partial charge in [0.05, 0.1) is 12.8 Å². The number of aromatic hydroxyl groups is 1. The first-order valence-corrected chi connectivity index (χ1v) is 9.90. The molecule has 3 aromatic rings. The molecule has 1 N–H and O–H groups in total. The van der Waals surface area contributed by atoms with E-state index < -0.39 is 5.56 Å². The molecule has 7 nitrogen and oxygen atoms in total. The van der Waals surface area contributed by atoms with Crippen LogP contribution in [0.1, 0.15) is 16.7 Å². The first-order chi connectivity index (χ1) is 14.4. The van der Waals surface area contributed by atoms with Gasteiger partial charge in [-0.2, -0.15) is 10.4 Å². The van der Waals surface area contributed by atoms with Crippen molar-refractivity contribution in [1.82, 2.24) is 4.57 Å². The molecule has 1 heterocycles. The summed E-state index contributed by atoms with van der Waals surface area (Å²) in [5.41, 5.74) is 1.35. The number of hydrogen-bond donors (Lipinski definition) is 1. The molecule has 0 aliphatic rings. The van der Waals surface area contributed by atoms with Gasteiger partial charge in [-0.3, -0.25) is 9.36 Å². The Bertz CT molecular complexity index is 1180. The van der Waals surface area contributed by atoms with Crippen LogP contribution in [0.4, 0.5) is 11.4 Å². The van der Waals surface area contributed by atoms with Crippen molar-refractivity contribution in [1.29, 1.82) is 5.26 Å². The summed E-state index contributed by atoms with van der Waals surface area (Å²) in [7, 11) is 1.59. The van der Waals surface area contributed by atoms with E-state index in [1.54, 1.807) is 26.2 Å². The largest absolute Gasteiger partial charge is 0.497 e. The van der Waals surface area contributed by atoms with Crippen LogP contribution in [0.3, 0.4) is 0 Å². The zero-order chi connectivity index (χ0) is 21.7. The third-order valence-corrected chi connectivity index (χ3v) is 5.17. The summed E-state index contributed by atoms with van der Waals surface area (Å²) in [6.45, 7) is 1.76. The minimum absolute atomic E-state index is 0.00841. The Labute approximate surface area is 182 Å². The molecule has 0 atom stereocenters. The highest BCUT2D eigenvalue weighted by molar-refractivity contribution is 9.10. The van der Waals surface area contributed by atoms with Crippen molar-refractivity contribution >= 4 is 27.3 Å². The molecule has 30 heavy (non-hydrogen) atoms. The van der Waals surface area contributed by atoms with E-state index in [1.807, 2.05) is 42.5 Å². The predicted molar refractivity (Wildman–Crippen MR) is 117 cm³/mol. The lowest BCUT2D eigenvalue weighted by Crippen LogP contribution is -2.22. The number of aryl methyl sites for hydroxylation is 1. The van der Waals surface area contributed by atoms with Crippen LogP contribution in [0, 0.1) is 18.3 Å². The molecular formula is C22H19BrN4O3. The number of nitriles is 1. The highest BCUT2D eigenvalue weighted by Crippen LogP contribution is 2.27. The van der Waals surface area contributed by atoms with Gasteiger partial charge in [-0.25, -0.2) is 0 Å². The quantitative estimate of drug-likeness (QED) is 0.506. The van der Waals surface area contributed by atoms with Crippen LogP contribution in [0.5, 0.6) is 11.6 Å². The zero-order valence-electron chi connectivity index (χ0n) is 16.5. The Balaban J connectivity index is 1.96. The summed E-state index contributed by atoms with van der Waals surface area (Å²) < 4.78 is 7.20. The molecule has 0 fully saturated rings. The van der Waals surface area contributed by atoms with Crippen LogP contribution in [0.15, 0.2) is 68.0 Å². The molecule has 0 aliphatic heterocycles. The molecular weight excluding hydrogens is 448 g/mol. The molecule has 0 unspecified atom stereocenters. The van der Waals surface area contributed by atoms with Gasteiger partial charge in [0.15, 0.2) is 5.69 Å². The van der Waals surface area contributed by atoms with Gasteiger partial charge in [-0.15, -0.1) is 5.11 Å². The van der Waals surface area contributed by atoms with Gasteiger partial charge in [0.2, 0.25) is 5.88 Å². The normalized spacial score (nSPS) is 10.9. The summed E-state index contributed by atoms with van der Waals surface area (Å²) in [5.74, 6) is 0.368. The highest BCUT2D eigenvalue weighted by atomic mass is 79.9. The van der Waals surface area contributed by atoms with Gasteiger partial charge in [-0.1, -0.05) is 28.1 Å². The van der Waals surface area contributed by atoms with Crippen molar-refractivity contribution in [2.45, 2.75) is 19.9 Å². The standard InChI is InChI=1S/C22H19BrN4O3/c1-14-19(13-24)21(28)27(12-11-15-3-9-18(30-2)10-4-15)22(29)20(14)26-25-17-7-5-16(23)6-8-17/h3-10,28H,11-12H2,1-2H3. The van der Waals surface area contributed by atoms with Crippen LogP contribution in [-0.2, 0) is 13.0 Å². The Hall–Kier alpha value is -3.44. The Morgan fingerprint density at radius 2 is 1.80 bits per heavy atom. The maximum atomic E-state index is 13.0. The second-order valence-electron chi connectivity index (χ2n) is 6.52. The third kappa shape index (κ3) is 4.58. The molecule has 0 aliphatic carbocycles. The van der Waals surface area contributed by atoms with E-state index in [-0.39, 0.29) is 23.7 Å². The number of nitrogens with zero attached hydrogens (tertiary/aromatic N) is 4. The Morgan fingerprint density at radius 1 is 1.13 bits per heavy atom. The second kappa shape index (κ2) is 9.37. The monoisotopic (exact) mass is 466 g/mol. The summed E-state index contributed by atoms with van der Waals surface area (Å²) >= 11 is 3.35. The molecule has 2 aromatic carbocycles. The zero-order valence-corrected chi connectivity index (χ0v) is 18.0. The molecule has 0 bridgehead atoms. The molecule has 0 spiro atoms. The number of rotatable bonds is 6. The molecule has 3 rings (SSSR count). The fraction of sp³-hybridized carbons (Fsp3) is 0.182. The van der Waals surface area contributed by atoms with Crippen LogP contribution in [0.25, 0.3) is 0 Å². The minimum atomic E-state index is -0.502. The minimum Gasteiger partial charge on any atom is -0.497 e. The highest BCUT2D eigenvalue weighted by Gasteiger charge is 2.19. The smallest absolute Gasteiger partial charge is 0.281 e. The summed E-state index contributed by atoms with van der Waals surface area (Å²) in [5, 5.41) is 28.2. The lowest BCUT2D eigenvalue weighted by molar-refractivity contribution is 0.403. The van der Waals surface area contributed by atoms with E-state index in [1.165, 1.54) is 0 Å². The maximum Gasteiger partial charge on any atom is 0.281 e. The maximum absolute atomic E-state index is 13.0. The van der Waals surface area contributed by atoms with Crippen molar-refractivity contribution in [3.8, 4) is 17.7 Å². The average Bonchev–Trinajstić information content (AvgIpc) is 2.75. The molecule has 0 amide bonds. The van der Waals surface area contributed by atoms with E-state index in [4.69, 9.17) is 4.74 Å². The molecule has 0 radical (unpaired) electrons. The van der Waals surface area contributed by atoms with Crippen molar-refractivity contribution < 1.29 is 9.84 Å². The number of ether oxygens (including phenoxy) is 1. The van der Waals surface area contributed by atoms with Gasteiger partial charge in [0.1, 0.15) is 17.4 Å². The predicted octanol–water partition coefficient (Wildman–Crippen LogP) is 5.16. The van der Waals surface area contributed by atoms with Gasteiger partial charge in [0.25, 0.3) is 5.56 Å². The summed E-state index contributed by atoms with van der Waals surface area (Å²) in [6.07, 6.45) is 0.481. The first kappa shape index (κ1) is 21.3.